The number of para-hydroxylation sites is 1. The molecule has 1 heterocycles. The summed E-state index contributed by atoms with van der Waals surface area (Å²) in [5.41, 5.74) is -0.0822. The lowest BCUT2D eigenvalue weighted by atomic mass is 10.2. The number of rotatable bonds is 4. The van der Waals surface area contributed by atoms with E-state index in [2.05, 4.69) is 0 Å². The Balaban J connectivity index is 2.23. The van der Waals surface area contributed by atoms with Crippen LogP contribution >= 0.6 is 11.6 Å². The van der Waals surface area contributed by atoms with Gasteiger partial charge < -0.3 is 5.11 Å². The molecule has 0 saturated carbocycles. The Morgan fingerprint density at radius 1 is 1.00 bits per heavy atom. The van der Waals surface area contributed by atoms with Gasteiger partial charge in [-0.15, -0.1) is 0 Å². The summed E-state index contributed by atoms with van der Waals surface area (Å²) in [6, 6.07) is 13.2. The van der Waals surface area contributed by atoms with Gasteiger partial charge in [0.1, 0.15) is 6.54 Å². The van der Waals surface area contributed by atoms with Crippen molar-refractivity contribution in [1.29, 1.82) is 0 Å². The normalized spacial score (nSPS) is 10.9. The topological polar surface area (TPSA) is 81.3 Å². The monoisotopic (exact) mass is 344 g/mol. The van der Waals surface area contributed by atoms with Gasteiger partial charge in [0, 0.05) is 5.02 Å². The van der Waals surface area contributed by atoms with E-state index in [0.717, 1.165) is 14.7 Å². The van der Waals surface area contributed by atoms with Crippen LogP contribution in [0.4, 0.5) is 0 Å². The summed E-state index contributed by atoms with van der Waals surface area (Å²) in [5, 5.41) is 9.92. The molecule has 1 aromatic heterocycles. The van der Waals surface area contributed by atoms with Crippen LogP contribution in [-0.4, -0.2) is 20.2 Å². The van der Waals surface area contributed by atoms with Gasteiger partial charge in [-0.2, -0.15) is 0 Å². The molecule has 0 radical (unpaired) electrons. The van der Waals surface area contributed by atoms with Crippen LogP contribution in [0.1, 0.15) is 5.56 Å². The van der Waals surface area contributed by atoms with Crippen LogP contribution < -0.4 is 11.2 Å². The van der Waals surface area contributed by atoms with E-state index >= 15 is 0 Å². The van der Waals surface area contributed by atoms with Crippen molar-refractivity contribution >= 4 is 28.5 Å². The Hall–Kier alpha value is -2.86. The van der Waals surface area contributed by atoms with E-state index in [1.807, 2.05) is 0 Å². The lowest BCUT2D eigenvalue weighted by molar-refractivity contribution is -0.137. The first-order valence-corrected chi connectivity index (χ1v) is 7.54. The van der Waals surface area contributed by atoms with Crippen molar-refractivity contribution in [2.24, 2.45) is 0 Å². The zero-order chi connectivity index (χ0) is 17.3. The van der Waals surface area contributed by atoms with E-state index in [9.17, 15) is 14.4 Å². The zero-order valence-electron chi connectivity index (χ0n) is 12.5. The number of aliphatic carboxylic acids is 1. The predicted molar refractivity (Wildman–Crippen MR) is 90.7 cm³/mol. The van der Waals surface area contributed by atoms with Crippen LogP contribution in [0, 0.1) is 0 Å². The van der Waals surface area contributed by atoms with Gasteiger partial charge in [-0.1, -0.05) is 35.9 Å². The second kappa shape index (κ2) is 6.33. The molecule has 6 nitrogen and oxygen atoms in total. The first-order valence-electron chi connectivity index (χ1n) is 7.16. The zero-order valence-corrected chi connectivity index (χ0v) is 13.2. The van der Waals surface area contributed by atoms with E-state index in [-0.39, 0.29) is 6.54 Å². The summed E-state index contributed by atoms with van der Waals surface area (Å²) < 4.78 is 2.13. The fourth-order valence-corrected chi connectivity index (χ4v) is 2.70. The smallest absolute Gasteiger partial charge is 0.332 e. The number of carbonyl (C=O) groups is 1. The second-order valence-corrected chi connectivity index (χ2v) is 5.73. The van der Waals surface area contributed by atoms with Gasteiger partial charge in [0.05, 0.1) is 17.4 Å². The van der Waals surface area contributed by atoms with Crippen LogP contribution in [0.25, 0.3) is 10.9 Å². The first kappa shape index (κ1) is 16.0. The average molecular weight is 345 g/mol. The Morgan fingerprint density at radius 3 is 2.33 bits per heavy atom. The molecule has 0 unspecified atom stereocenters. The summed E-state index contributed by atoms with van der Waals surface area (Å²) in [5.74, 6) is -1.15. The highest BCUT2D eigenvalue weighted by Crippen LogP contribution is 2.11. The Labute approximate surface area is 141 Å². The van der Waals surface area contributed by atoms with Crippen molar-refractivity contribution in [1.82, 2.24) is 9.13 Å². The molecule has 0 bridgehead atoms. The van der Waals surface area contributed by atoms with Crippen LogP contribution in [0.2, 0.25) is 5.02 Å². The number of carboxylic acids is 1. The van der Waals surface area contributed by atoms with E-state index in [4.69, 9.17) is 16.7 Å². The third-order valence-corrected chi connectivity index (χ3v) is 3.93. The van der Waals surface area contributed by atoms with Crippen molar-refractivity contribution in [2.45, 2.75) is 13.1 Å². The van der Waals surface area contributed by atoms with Gasteiger partial charge >= 0.3 is 11.7 Å². The second-order valence-electron chi connectivity index (χ2n) is 5.30. The Morgan fingerprint density at radius 2 is 1.67 bits per heavy atom. The molecule has 3 aromatic rings. The molecule has 2 aromatic carbocycles. The molecule has 0 saturated heterocycles. The SMILES string of the molecule is O=C(O)Cn1c(=O)n(Cc2ccc(Cl)cc2)c(=O)c2ccccc21. The van der Waals surface area contributed by atoms with Crippen molar-refractivity contribution in [3.63, 3.8) is 0 Å². The van der Waals surface area contributed by atoms with Gasteiger partial charge in [0.2, 0.25) is 0 Å². The average Bonchev–Trinajstić information content (AvgIpc) is 2.57. The van der Waals surface area contributed by atoms with Gasteiger partial charge in [0.25, 0.3) is 5.56 Å². The molecule has 0 amide bonds. The molecule has 3 rings (SSSR count). The largest absolute Gasteiger partial charge is 0.480 e. The standard InChI is InChI=1S/C17H13ClN2O4/c18-12-7-5-11(6-8-12)9-20-16(23)13-3-1-2-4-14(13)19(17(20)24)10-15(21)22/h1-8H,9-10H2,(H,21,22). The molecule has 0 aliphatic carbocycles. The molecule has 24 heavy (non-hydrogen) atoms. The van der Waals surface area contributed by atoms with Gasteiger partial charge in [-0.05, 0) is 29.8 Å². The Bertz CT molecular complexity index is 1040. The van der Waals surface area contributed by atoms with Gasteiger partial charge in [-0.3, -0.25) is 18.7 Å². The minimum absolute atomic E-state index is 0.0410. The number of hydrogen-bond donors (Lipinski definition) is 1. The van der Waals surface area contributed by atoms with Crippen molar-refractivity contribution < 1.29 is 9.90 Å². The lowest BCUT2D eigenvalue weighted by Gasteiger charge is -2.12. The van der Waals surface area contributed by atoms with E-state index in [0.29, 0.717) is 15.9 Å². The minimum Gasteiger partial charge on any atom is -0.480 e. The maximum Gasteiger partial charge on any atom is 0.332 e. The molecule has 0 aliphatic rings. The molecule has 0 aliphatic heterocycles. The molecule has 122 valence electrons. The van der Waals surface area contributed by atoms with Crippen LogP contribution in [0.3, 0.4) is 0 Å². The highest BCUT2D eigenvalue weighted by molar-refractivity contribution is 6.30. The number of nitrogens with zero attached hydrogens (tertiary/aromatic N) is 2. The Kier molecular flexibility index (Phi) is 4.22. The van der Waals surface area contributed by atoms with E-state index in [1.165, 1.54) is 0 Å². The maximum absolute atomic E-state index is 12.6. The quantitative estimate of drug-likeness (QED) is 0.784. The minimum atomic E-state index is -1.15. The summed E-state index contributed by atoms with van der Waals surface area (Å²) in [7, 11) is 0. The van der Waals surface area contributed by atoms with Crippen molar-refractivity contribution in [2.75, 3.05) is 0 Å². The summed E-state index contributed by atoms with van der Waals surface area (Å²) in [4.78, 5) is 36.4. The van der Waals surface area contributed by atoms with Crippen molar-refractivity contribution in [3.8, 4) is 0 Å². The summed E-state index contributed by atoms with van der Waals surface area (Å²) in [6.07, 6.45) is 0. The third kappa shape index (κ3) is 2.96. The van der Waals surface area contributed by atoms with Crippen molar-refractivity contribution in [3.05, 3.63) is 80.0 Å². The number of carboxylic acid groups (broad SMARTS) is 1. The van der Waals surface area contributed by atoms with Crippen LogP contribution in [0.15, 0.2) is 58.1 Å². The molecule has 0 fully saturated rings. The number of halogens is 1. The third-order valence-electron chi connectivity index (χ3n) is 3.68. The molecule has 0 atom stereocenters. The van der Waals surface area contributed by atoms with Crippen LogP contribution in [0.5, 0.6) is 0 Å². The summed E-state index contributed by atoms with van der Waals surface area (Å²) in [6.45, 7) is -0.473. The summed E-state index contributed by atoms with van der Waals surface area (Å²) >= 11 is 5.84. The highest BCUT2D eigenvalue weighted by atomic mass is 35.5. The van der Waals surface area contributed by atoms with Gasteiger partial charge in [0.15, 0.2) is 0 Å². The number of hydrogen-bond acceptors (Lipinski definition) is 3. The molecule has 0 spiro atoms. The molecule has 7 heteroatoms. The fourth-order valence-electron chi connectivity index (χ4n) is 2.57. The lowest BCUT2D eigenvalue weighted by Crippen LogP contribution is -2.41. The van der Waals surface area contributed by atoms with Crippen LogP contribution in [-0.2, 0) is 17.9 Å². The first-order chi connectivity index (χ1) is 11.5. The maximum atomic E-state index is 12.6. The number of aromatic nitrogens is 2. The van der Waals surface area contributed by atoms with Gasteiger partial charge in [-0.25, -0.2) is 4.79 Å². The molecular formula is C17H13ClN2O4. The van der Waals surface area contributed by atoms with E-state index < -0.39 is 23.8 Å². The van der Waals surface area contributed by atoms with E-state index in [1.54, 1.807) is 48.5 Å². The number of fused-ring (bicyclic) bond motifs is 1. The fraction of sp³-hybridized carbons (Fsp3) is 0.118. The molecule has 1 N–H and O–H groups in total. The number of benzene rings is 2. The predicted octanol–water partition coefficient (Wildman–Crippen LogP) is 1.95. The molecular weight excluding hydrogens is 332 g/mol. The highest BCUT2D eigenvalue weighted by Gasteiger charge is 2.14.